The van der Waals surface area contributed by atoms with Crippen LogP contribution in [0.1, 0.15) is 5.56 Å². The van der Waals surface area contributed by atoms with Crippen LogP contribution in [0.4, 0.5) is 20.2 Å². The molecule has 0 unspecified atom stereocenters. The Kier molecular flexibility index (Phi) is 4.14. The van der Waals surface area contributed by atoms with Gasteiger partial charge in [0, 0.05) is 23.0 Å². The number of halogens is 2. The summed E-state index contributed by atoms with van der Waals surface area (Å²) in [5.74, 6) is -0.875. The standard InChI is InChI=1S/C14H12F2N2OS/c1-19-13-7-9(3-5-11(13)15)18-8-2-4-10(14(17)20)12(16)6-8/h2-7,18H,1H3,(H2,17,20). The minimum atomic E-state index is -0.517. The molecule has 2 aromatic rings. The van der Waals surface area contributed by atoms with Crippen molar-refractivity contribution in [1.82, 2.24) is 0 Å². The van der Waals surface area contributed by atoms with Crippen LogP contribution in [0.15, 0.2) is 36.4 Å². The van der Waals surface area contributed by atoms with Crippen molar-refractivity contribution in [3.63, 3.8) is 0 Å². The van der Waals surface area contributed by atoms with Gasteiger partial charge in [0.05, 0.1) is 7.11 Å². The predicted molar refractivity (Wildman–Crippen MR) is 78.5 cm³/mol. The smallest absolute Gasteiger partial charge is 0.165 e. The third-order valence-corrected chi connectivity index (χ3v) is 2.89. The molecule has 2 rings (SSSR count). The van der Waals surface area contributed by atoms with Crippen LogP contribution in [0.5, 0.6) is 5.75 Å². The maximum absolute atomic E-state index is 13.7. The molecule has 0 aliphatic rings. The van der Waals surface area contributed by atoms with Gasteiger partial charge in [0.1, 0.15) is 10.8 Å². The van der Waals surface area contributed by atoms with Crippen molar-refractivity contribution in [2.75, 3.05) is 12.4 Å². The first kappa shape index (κ1) is 14.2. The van der Waals surface area contributed by atoms with E-state index in [-0.39, 0.29) is 16.3 Å². The molecule has 0 radical (unpaired) electrons. The summed E-state index contributed by atoms with van der Waals surface area (Å²) in [6, 6.07) is 8.66. The van der Waals surface area contributed by atoms with Gasteiger partial charge in [-0.25, -0.2) is 8.78 Å². The SMILES string of the molecule is COc1cc(Nc2ccc(C(N)=S)c(F)c2)ccc1F. The first-order chi connectivity index (χ1) is 9.51. The Balaban J connectivity index is 2.26. The van der Waals surface area contributed by atoms with Crippen molar-refractivity contribution >= 4 is 28.6 Å². The second-order valence-corrected chi connectivity index (χ2v) is 4.47. The quantitative estimate of drug-likeness (QED) is 0.849. The lowest BCUT2D eigenvalue weighted by Crippen LogP contribution is -2.11. The van der Waals surface area contributed by atoms with Crippen LogP contribution in [0.25, 0.3) is 0 Å². The lowest BCUT2D eigenvalue weighted by molar-refractivity contribution is 0.387. The average molecular weight is 294 g/mol. The molecular weight excluding hydrogens is 282 g/mol. The number of nitrogens with one attached hydrogen (secondary N) is 1. The molecule has 0 saturated carbocycles. The lowest BCUT2D eigenvalue weighted by Gasteiger charge is -2.10. The highest BCUT2D eigenvalue weighted by atomic mass is 32.1. The topological polar surface area (TPSA) is 47.3 Å². The molecule has 0 aliphatic heterocycles. The Bertz CT molecular complexity index is 662. The monoisotopic (exact) mass is 294 g/mol. The molecule has 3 nitrogen and oxygen atoms in total. The Hall–Kier alpha value is -2.21. The normalized spacial score (nSPS) is 10.2. The summed E-state index contributed by atoms with van der Waals surface area (Å²) in [7, 11) is 1.37. The summed E-state index contributed by atoms with van der Waals surface area (Å²) < 4.78 is 31.9. The highest BCUT2D eigenvalue weighted by molar-refractivity contribution is 7.80. The molecule has 104 valence electrons. The molecule has 0 atom stereocenters. The summed E-state index contributed by atoms with van der Waals surface area (Å²) in [6.45, 7) is 0. The van der Waals surface area contributed by atoms with Crippen molar-refractivity contribution in [3.05, 3.63) is 53.6 Å². The van der Waals surface area contributed by atoms with Crippen LogP contribution in [0.2, 0.25) is 0 Å². The van der Waals surface area contributed by atoms with Crippen LogP contribution in [-0.2, 0) is 0 Å². The molecule has 0 aliphatic carbocycles. The van der Waals surface area contributed by atoms with Gasteiger partial charge in [-0.1, -0.05) is 12.2 Å². The number of thiocarbonyl (C=S) groups is 1. The van der Waals surface area contributed by atoms with E-state index in [2.05, 4.69) is 5.32 Å². The van der Waals surface area contributed by atoms with Crippen molar-refractivity contribution in [2.24, 2.45) is 5.73 Å². The van der Waals surface area contributed by atoms with E-state index in [1.54, 1.807) is 6.07 Å². The van der Waals surface area contributed by atoms with E-state index in [9.17, 15) is 8.78 Å². The lowest BCUT2D eigenvalue weighted by atomic mass is 10.2. The Morgan fingerprint density at radius 1 is 1.10 bits per heavy atom. The van der Waals surface area contributed by atoms with Crippen LogP contribution in [0, 0.1) is 11.6 Å². The molecule has 0 saturated heterocycles. The minimum Gasteiger partial charge on any atom is -0.494 e. The van der Waals surface area contributed by atoms with Gasteiger partial charge >= 0.3 is 0 Å². The summed E-state index contributed by atoms with van der Waals surface area (Å²) in [6.07, 6.45) is 0. The fourth-order valence-electron chi connectivity index (χ4n) is 1.70. The number of ether oxygens (including phenoxy) is 1. The molecule has 0 amide bonds. The number of hydrogen-bond acceptors (Lipinski definition) is 3. The first-order valence-electron chi connectivity index (χ1n) is 5.71. The Morgan fingerprint density at radius 3 is 2.35 bits per heavy atom. The predicted octanol–water partition coefficient (Wildman–Crippen LogP) is 3.35. The third kappa shape index (κ3) is 3.03. The molecule has 0 aromatic heterocycles. The van der Waals surface area contributed by atoms with E-state index >= 15 is 0 Å². The molecule has 0 bridgehead atoms. The van der Waals surface area contributed by atoms with E-state index in [4.69, 9.17) is 22.7 Å². The third-order valence-electron chi connectivity index (χ3n) is 2.67. The average Bonchev–Trinajstić information content (AvgIpc) is 2.40. The van der Waals surface area contributed by atoms with Gasteiger partial charge < -0.3 is 15.8 Å². The summed E-state index contributed by atoms with van der Waals surface area (Å²) in [5.41, 5.74) is 6.64. The second kappa shape index (κ2) is 5.83. The number of rotatable bonds is 4. The van der Waals surface area contributed by atoms with E-state index in [0.29, 0.717) is 11.4 Å². The van der Waals surface area contributed by atoms with Gasteiger partial charge in [0.25, 0.3) is 0 Å². The zero-order chi connectivity index (χ0) is 14.7. The molecule has 20 heavy (non-hydrogen) atoms. The van der Waals surface area contributed by atoms with Gasteiger partial charge in [-0.2, -0.15) is 0 Å². The van der Waals surface area contributed by atoms with Crippen LogP contribution < -0.4 is 15.8 Å². The molecule has 0 fully saturated rings. The zero-order valence-electron chi connectivity index (χ0n) is 10.6. The summed E-state index contributed by atoms with van der Waals surface area (Å²) >= 11 is 4.73. The van der Waals surface area contributed by atoms with E-state index in [1.165, 1.54) is 37.4 Å². The summed E-state index contributed by atoms with van der Waals surface area (Å²) in [4.78, 5) is -0.00231. The molecule has 6 heteroatoms. The number of anilines is 2. The van der Waals surface area contributed by atoms with Crippen molar-refractivity contribution in [1.29, 1.82) is 0 Å². The molecule has 0 heterocycles. The van der Waals surface area contributed by atoms with Crippen LogP contribution in [0.3, 0.4) is 0 Å². The highest BCUT2D eigenvalue weighted by Crippen LogP contribution is 2.25. The maximum atomic E-state index is 13.7. The van der Waals surface area contributed by atoms with Gasteiger partial charge in [-0.15, -0.1) is 0 Å². The highest BCUT2D eigenvalue weighted by Gasteiger charge is 2.07. The molecule has 3 N–H and O–H groups in total. The minimum absolute atomic E-state index is 0.00231. The van der Waals surface area contributed by atoms with Crippen LogP contribution >= 0.6 is 12.2 Å². The number of nitrogens with two attached hydrogens (primary N) is 1. The fraction of sp³-hybridized carbons (Fsp3) is 0.0714. The van der Waals surface area contributed by atoms with Gasteiger partial charge in [-0.05, 0) is 30.3 Å². The number of hydrogen-bond donors (Lipinski definition) is 2. The van der Waals surface area contributed by atoms with E-state index < -0.39 is 11.6 Å². The zero-order valence-corrected chi connectivity index (χ0v) is 11.4. The Morgan fingerprint density at radius 2 is 1.75 bits per heavy atom. The molecule has 2 aromatic carbocycles. The van der Waals surface area contributed by atoms with Crippen molar-refractivity contribution in [3.8, 4) is 5.75 Å². The van der Waals surface area contributed by atoms with E-state index in [0.717, 1.165) is 0 Å². The van der Waals surface area contributed by atoms with Crippen molar-refractivity contribution in [2.45, 2.75) is 0 Å². The van der Waals surface area contributed by atoms with Gasteiger partial charge in [0.2, 0.25) is 0 Å². The largest absolute Gasteiger partial charge is 0.494 e. The number of methoxy groups -OCH3 is 1. The molecular formula is C14H12F2N2OS. The second-order valence-electron chi connectivity index (χ2n) is 4.03. The first-order valence-corrected chi connectivity index (χ1v) is 6.12. The summed E-state index contributed by atoms with van der Waals surface area (Å²) in [5, 5.41) is 2.94. The number of benzene rings is 2. The van der Waals surface area contributed by atoms with Gasteiger partial charge in [-0.3, -0.25) is 0 Å². The Labute approximate surface area is 120 Å². The van der Waals surface area contributed by atoms with Gasteiger partial charge in [0.15, 0.2) is 11.6 Å². The van der Waals surface area contributed by atoms with Crippen molar-refractivity contribution < 1.29 is 13.5 Å². The molecule has 0 spiro atoms. The maximum Gasteiger partial charge on any atom is 0.165 e. The fourth-order valence-corrected chi connectivity index (χ4v) is 1.86. The van der Waals surface area contributed by atoms with Crippen LogP contribution in [-0.4, -0.2) is 12.1 Å². The van der Waals surface area contributed by atoms with E-state index in [1.807, 2.05) is 0 Å².